The number of nitrogen functional groups attached to an aromatic ring is 1. The molecule has 0 atom stereocenters. The number of aryl methyl sites for hydroxylation is 1. The number of nitrogens with two attached hydrogens (primary N) is 2. The Labute approximate surface area is 117 Å². The maximum atomic E-state index is 11.2. The first-order chi connectivity index (χ1) is 9.36. The summed E-state index contributed by atoms with van der Waals surface area (Å²) in [6.07, 6.45) is 4.56. The molecule has 0 amide bonds. The molecule has 0 aliphatic rings. The molecule has 2 rings (SSSR count). The van der Waals surface area contributed by atoms with E-state index in [1.54, 1.807) is 23.0 Å². The van der Waals surface area contributed by atoms with Gasteiger partial charge in [-0.25, -0.2) is 13.6 Å². The van der Waals surface area contributed by atoms with Crippen molar-refractivity contribution in [2.45, 2.75) is 11.3 Å². The van der Waals surface area contributed by atoms with E-state index in [1.165, 1.54) is 6.07 Å². The second-order valence-electron chi connectivity index (χ2n) is 4.50. The van der Waals surface area contributed by atoms with E-state index in [4.69, 9.17) is 10.9 Å². The van der Waals surface area contributed by atoms with Crippen LogP contribution in [0.4, 0.5) is 11.4 Å². The second-order valence-corrected chi connectivity index (χ2v) is 6.03. The first-order valence-corrected chi connectivity index (χ1v) is 7.54. The third kappa shape index (κ3) is 3.49. The minimum absolute atomic E-state index is 0.0599. The van der Waals surface area contributed by atoms with Crippen LogP contribution in [0, 0.1) is 0 Å². The van der Waals surface area contributed by atoms with E-state index in [0.717, 1.165) is 17.7 Å². The van der Waals surface area contributed by atoms with Crippen LogP contribution in [0.2, 0.25) is 0 Å². The van der Waals surface area contributed by atoms with Crippen LogP contribution in [-0.4, -0.2) is 24.7 Å². The Kier molecular flexibility index (Phi) is 3.96. The van der Waals surface area contributed by atoms with E-state index in [0.29, 0.717) is 6.54 Å². The molecule has 2 aromatic rings. The number of anilines is 2. The van der Waals surface area contributed by atoms with Gasteiger partial charge in [0.25, 0.3) is 0 Å². The molecule has 0 spiro atoms. The monoisotopic (exact) mass is 295 g/mol. The Morgan fingerprint density at radius 2 is 2.15 bits per heavy atom. The van der Waals surface area contributed by atoms with Crippen molar-refractivity contribution < 1.29 is 8.42 Å². The third-order valence-electron chi connectivity index (χ3n) is 2.82. The summed E-state index contributed by atoms with van der Waals surface area (Å²) < 4.78 is 24.2. The summed E-state index contributed by atoms with van der Waals surface area (Å²) in [4.78, 5) is -0.0599. The molecule has 20 heavy (non-hydrogen) atoms. The predicted octanol–water partition coefficient (Wildman–Crippen LogP) is 0.304. The summed E-state index contributed by atoms with van der Waals surface area (Å²) in [7, 11) is -1.91. The van der Waals surface area contributed by atoms with Crippen LogP contribution >= 0.6 is 0 Å². The van der Waals surface area contributed by atoms with Gasteiger partial charge < -0.3 is 11.1 Å². The number of aromatic nitrogens is 2. The van der Waals surface area contributed by atoms with Crippen LogP contribution in [0.15, 0.2) is 35.5 Å². The lowest BCUT2D eigenvalue weighted by molar-refractivity contribution is 0.598. The normalized spacial score (nSPS) is 11.5. The topological polar surface area (TPSA) is 116 Å². The van der Waals surface area contributed by atoms with Crippen molar-refractivity contribution in [1.29, 1.82) is 0 Å². The van der Waals surface area contributed by atoms with Gasteiger partial charge in [0.15, 0.2) is 0 Å². The lowest BCUT2D eigenvalue weighted by Crippen LogP contribution is -2.14. The summed E-state index contributed by atoms with van der Waals surface area (Å²) in [6, 6.07) is 4.60. The summed E-state index contributed by atoms with van der Waals surface area (Å²) in [6.45, 7) is 0.694. The molecule has 0 fully saturated rings. The highest BCUT2D eigenvalue weighted by Gasteiger charge is 2.12. The molecule has 0 saturated heterocycles. The van der Waals surface area contributed by atoms with Gasteiger partial charge in [-0.2, -0.15) is 5.10 Å². The molecular weight excluding hydrogens is 278 g/mol. The van der Waals surface area contributed by atoms with E-state index < -0.39 is 10.0 Å². The third-order valence-corrected chi connectivity index (χ3v) is 3.80. The molecule has 0 saturated carbocycles. The van der Waals surface area contributed by atoms with Crippen molar-refractivity contribution in [3.63, 3.8) is 0 Å². The highest BCUT2D eigenvalue weighted by molar-refractivity contribution is 7.89. The van der Waals surface area contributed by atoms with Gasteiger partial charge in [0, 0.05) is 25.5 Å². The summed E-state index contributed by atoms with van der Waals surface area (Å²) in [5.74, 6) is 0. The number of hydrogen-bond acceptors (Lipinski definition) is 5. The smallest absolute Gasteiger partial charge is 0.240 e. The first-order valence-electron chi connectivity index (χ1n) is 6.00. The Hall–Kier alpha value is -2.06. The number of nitrogens with one attached hydrogen (secondary N) is 1. The minimum Gasteiger partial charge on any atom is -0.398 e. The molecule has 1 aromatic carbocycles. The highest BCUT2D eigenvalue weighted by Crippen LogP contribution is 2.21. The van der Waals surface area contributed by atoms with Crippen LogP contribution < -0.4 is 16.2 Å². The van der Waals surface area contributed by atoms with Crippen LogP contribution in [0.5, 0.6) is 0 Å². The number of hydrogen-bond donors (Lipinski definition) is 3. The standard InChI is InChI=1S/C12H17N5O2S/c1-17-8-9(7-16-17)4-5-15-10-2-3-12(11(13)6-10)20(14,18)19/h2-3,6-8,15H,4-5,13H2,1H3,(H2,14,18,19). The lowest BCUT2D eigenvalue weighted by atomic mass is 10.2. The Morgan fingerprint density at radius 1 is 1.40 bits per heavy atom. The van der Waals surface area contributed by atoms with Gasteiger partial charge in [0.05, 0.1) is 11.9 Å². The van der Waals surface area contributed by atoms with Crippen LogP contribution in [0.1, 0.15) is 5.56 Å². The molecule has 1 heterocycles. The van der Waals surface area contributed by atoms with Crippen molar-refractivity contribution >= 4 is 21.4 Å². The molecule has 0 aliphatic heterocycles. The van der Waals surface area contributed by atoms with E-state index in [1.807, 2.05) is 13.2 Å². The molecule has 108 valence electrons. The van der Waals surface area contributed by atoms with Crippen LogP contribution in [-0.2, 0) is 23.5 Å². The lowest BCUT2D eigenvalue weighted by Gasteiger charge is -2.08. The van der Waals surface area contributed by atoms with E-state index >= 15 is 0 Å². The molecule has 0 radical (unpaired) electrons. The second kappa shape index (κ2) is 5.51. The van der Waals surface area contributed by atoms with E-state index in [9.17, 15) is 8.42 Å². The summed E-state index contributed by atoms with van der Waals surface area (Å²) >= 11 is 0. The predicted molar refractivity (Wildman–Crippen MR) is 77.6 cm³/mol. The van der Waals surface area contributed by atoms with E-state index in [2.05, 4.69) is 10.4 Å². The fraction of sp³-hybridized carbons (Fsp3) is 0.250. The van der Waals surface area contributed by atoms with Crippen LogP contribution in [0.25, 0.3) is 0 Å². The number of sulfonamides is 1. The number of benzene rings is 1. The SMILES string of the molecule is Cn1cc(CCNc2ccc(S(N)(=O)=O)c(N)c2)cn1. The molecule has 8 heteroatoms. The Balaban J connectivity index is 1.99. The molecule has 0 unspecified atom stereocenters. The average molecular weight is 295 g/mol. The summed E-state index contributed by atoms with van der Waals surface area (Å²) in [5.41, 5.74) is 7.69. The van der Waals surface area contributed by atoms with Crippen molar-refractivity contribution in [3.8, 4) is 0 Å². The molecule has 1 aromatic heterocycles. The van der Waals surface area contributed by atoms with Gasteiger partial charge in [0.1, 0.15) is 4.90 Å². The van der Waals surface area contributed by atoms with Gasteiger partial charge >= 0.3 is 0 Å². The number of nitrogens with zero attached hydrogens (tertiary/aromatic N) is 2. The van der Waals surface area contributed by atoms with Crippen molar-refractivity contribution in [2.75, 3.05) is 17.6 Å². The fourth-order valence-electron chi connectivity index (χ4n) is 1.87. The first kappa shape index (κ1) is 14.4. The molecular formula is C12H17N5O2S. The maximum absolute atomic E-state index is 11.2. The van der Waals surface area contributed by atoms with E-state index in [-0.39, 0.29) is 10.6 Å². The van der Waals surface area contributed by atoms with Crippen molar-refractivity contribution in [1.82, 2.24) is 9.78 Å². The fourth-order valence-corrected chi connectivity index (χ4v) is 2.51. The van der Waals surface area contributed by atoms with Gasteiger partial charge in [-0.15, -0.1) is 0 Å². The van der Waals surface area contributed by atoms with Crippen molar-refractivity contribution in [3.05, 3.63) is 36.2 Å². The van der Waals surface area contributed by atoms with Gasteiger partial charge in [0.2, 0.25) is 10.0 Å². The van der Waals surface area contributed by atoms with Crippen molar-refractivity contribution in [2.24, 2.45) is 12.2 Å². The summed E-state index contributed by atoms with van der Waals surface area (Å²) in [5, 5.41) is 12.3. The minimum atomic E-state index is -3.77. The maximum Gasteiger partial charge on any atom is 0.240 e. The highest BCUT2D eigenvalue weighted by atomic mass is 32.2. The average Bonchev–Trinajstić information content (AvgIpc) is 2.73. The molecule has 5 N–H and O–H groups in total. The Morgan fingerprint density at radius 3 is 2.70 bits per heavy atom. The Bertz CT molecular complexity index is 708. The number of rotatable bonds is 5. The molecule has 0 bridgehead atoms. The number of primary sulfonamides is 1. The van der Waals surface area contributed by atoms with Gasteiger partial charge in [-0.1, -0.05) is 0 Å². The largest absolute Gasteiger partial charge is 0.398 e. The van der Waals surface area contributed by atoms with Gasteiger partial charge in [-0.3, -0.25) is 4.68 Å². The zero-order valence-corrected chi connectivity index (χ0v) is 11.9. The quantitative estimate of drug-likeness (QED) is 0.686. The van der Waals surface area contributed by atoms with Gasteiger partial charge in [-0.05, 0) is 30.2 Å². The zero-order chi connectivity index (χ0) is 14.8. The van der Waals surface area contributed by atoms with Crippen LogP contribution in [0.3, 0.4) is 0 Å². The molecule has 0 aliphatic carbocycles. The molecule has 7 nitrogen and oxygen atoms in total. The zero-order valence-electron chi connectivity index (χ0n) is 11.1.